The van der Waals surface area contributed by atoms with E-state index < -0.39 is 0 Å². The lowest BCUT2D eigenvalue weighted by atomic mass is 9.96. The molecule has 1 saturated heterocycles. The normalized spacial score (nSPS) is 17.0. The molecule has 188 valence electrons. The molecule has 37 heavy (non-hydrogen) atoms. The van der Waals surface area contributed by atoms with Gasteiger partial charge in [-0.2, -0.15) is 0 Å². The Labute approximate surface area is 221 Å². The van der Waals surface area contributed by atoms with Crippen molar-refractivity contribution in [3.05, 3.63) is 107 Å². The number of carbonyl (C=O) groups is 1. The lowest BCUT2D eigenvalue weighted by Gasteiger charge is -2.28. The van der Waals surface area contributed by atoms with Crippen molar-refractivity contribution in [2.75, 3.05) is 19.1 Å². The van der Waals surface area contributed by atoms with E-state index >= 15 is 0 Å². The van der Waals surface area contributed by atoms with Gasteiger partial charge in [0, 0.05) is 29.3 Å². The Bertz CT molecular complexity index is 1470. The SMILES string of the molecule is COC(=O)c1ccccc1-n1c(C)cc([C@H]2[C@H](c3ccccn3)NC(=S)N2c2cccc(OC)c2)c1C. The van der Waals surface area contributed by atoms with Gasteiger partial charge in [0.1, 0.15) is 5.75 Å². The monoisotopic (exact) mass is 512 g/mol. The summed E-state index contributed by atoms with van der Waals surface area (Å²) in [4.78, 5) is 19.4. The number of rotatable bonds is 6. The van der Waals surface area contributed by atoms with Crippen LogP contribution >= 0.6 is 12.2 Å². The first-order chi connectivity index (χ1) is 17.9. The summed E-state index contributed by atoms with van der Waals surface area (Å²) >= 11 is 5.88. The second kappa shape index (κ2) is 10.1. The third-order valence-corrected chi connectivity index (χ3v) is 7.08. The zero-order valence-electron chi connectivity index (χ0n) is 21.1. The lowest BCUT2D eigenvalue weighted by Crippen LogP contribution is -2.29. The largest absolute Gasteiger partial charge is 0.497 e. The zero-order chi connectivity index (χ0) is 26.1. The van der Waals surface area contributed by atoms with Crippen molar-refractivity contribution < 1.29 is 14.3 Å². The number of anilines is 1. The van der Waals surface area contributed by atoms with E-state index in [0.717, 1.165) is 39.8 Å². The molecule has 1 aliphatic heterocycles. The number of pyridine rings is 1. The van der Waals surface area contributed by atoms with Gasteiger partial charge in [-0.3, -0.25) is 4.98 Å². The van der Waals surface area contributed by atoms with E-state index in [4.69, 9.17) is 21.7 Å². The molecule has 0 saturated carbocycles. The van der Waals surface area contributed by atoms with Crippen LogP contribution in [0.5, 0.6) is 5.75 Å². The molecule has 2 aromatic carbocycles. The van der Waals surface area contributed by atoms with Crippen LogP contribution in [-0.4, -0.2) is 34.9 Å². The van der Waals surface area contributed by atoms with Crippen LogP contribution in [-0.2, 0) is 4.74 Å². The number of para-hydroxylation sites is 1. The van der Waals surface area contributed by atoms with E-state index in [2.05, 4.69) is 32.8 Å². The van der Waals surface area contributed by atoms with Crippen LogP contribution in [0.25, 0.3) is 5.69 Å². The number of nitrogens with one attached hydrogen (secondary N) is 1. The quantitative estimate of drug-likeness (QED) is 0.272. The third-order valence-electron chi connectivity index (χ3n) is 6.77. The average Bonchev–Trinajstić information content (AvgIpc) is 3.43. The number of carbonyl (C=O) groups excluding carboxylic acids is 1. The first-order valence-corrected chi connectivity index (χ1v) is 12.4. The number of thiocarbonyl (C=S) groups is 1. The molecule has 0 spiro atoms. The maximum absolute atomic E-state index is 12.6. The van der Waals surface area contributed by atoms with Crippen molar-refractivity contribution in [3.63, 3.8) is 0 Å². The molecule has 1 aliphatic rings. The first-order valence-electron chi connectivity index (χ1n) is 12.0. The van der Waals surface area contributed by atoms with Gasteiger partial charge in [0.05, 0.1) is 43.2 Å². The Morgan fingerprint density at radius 1 is 1.00 bits per heavy atom. The van der Waals surface area contributed by atoms with Crippen LogP contribution in [0.2, 0.25) is 0 Å². The highest BCUT2D eigenvalue weighted by molar-refractivity contribution is 7.80. The van der Waals surface area contributed by atoms with Gasteiger partial charge in [-0.1, -0.05) is 24.3 Å². The summed E-state index contributed by atoms with van der Waals surface area (Å²) < 4.78 is 12.7. The number of ether oxygens (including phenoxy) is 2. The molecule has 0 aliphatic carbocycles. The summed E-state index contributed by atoms with van der Waals surface area (Å²) in [6.45, 7) is 4.11. The van der Waals surface area contributed by atoms with Crippen LogP contribution < -0.4 is 15.0 Å². The molecule has 2 aromatic heterocycles. The van der Waals surface area contributed by atoms with Crippen LogP contribution in [0.1, 0.15) is 45.1 Å². The molecule has 1 fully saturated rings. The molecule has 3 heterocycles. The predicted molar refractivity (Wildman–Crippen MR) is 148 cm³/mol. The van der Waals surface area contributed by atoms with Gasteiger partial charge in [0.2, 0.25) is 0 Å². The second-order valence-corrected chi connectivity index (χ2v) is 9.26. The standard InChI is InChI=1S/C29H28N4O3S/c1-18-16-23(19(2)32(18)25-14-6-5-12-22(25)28(34)36-4)27-26(24-13-7-8-15-30-24)31-29(37)33(27)20-10-9-11-21(17-20)35-3/h5-17,26-27H,1-4H3,(H,31,37)/t26-,27-/m0/s1. The highest BCUT2D eigenvalue weighted by Gasteiger charge is 2.42. The van der Waals surface area contributed by atoms with Crippen LogP contribution in [0.4, 0.5) is 5.69 Å². The number of aromatic nitrogens is 2. The Morgan fingerprint density at radius 2 is 1.78 bits per heavy atom. The van der Waals surface area contributed by atoms with E-state index in [1.54, 1.807) is 19.4 Å². The van der Waals surface area contributed by atoms with E-state index in [1.807, 2.05) is 67.6 Å². The fraction of sp³-hybridized carbons (Fsp3) is 0.207. The Hall–Kier alpha value is -4.17. The average molecular weight is 513 g/mol. The minimum atomic E-state index is -0.377. The summed E-state index contributed by atoms with van der Waals surface area (Å²) in [6.07, 6.45) is 1.79. The van der Waals surface area contributed by atoms with Crippen molar-refractivity contribution in [2.45, 2.75) is 25.9 Å². The summed E-state index contributed by atoms with van der Waals surface area (Å²) in [5.74, 6) is 0.371. The molecule has 0 radical (unpaired) electrons. The van der Waals surface area contributed by atoms with Gasteiger partial charge in [0.15, 0.2) is 5.11 Å². The second-order valence-electron chi connectivity index (χ2n) is 8.87. The fourth-order valence-corrected chi connectivity index (χ4v) is 5.46. The number of benzene rings is 2. The fourth-order valence-electron chi connectivity index (χ4n) is 5.12. The maximum atomic E-state index is 12.6. The summed E-state index contributed by atoms with van der Waals surface area (Å²) in [7, 11) is 3.05. The van der Waals surface area contributed by atoms with Gasteiger partial charge in [-0.15, -0.1) is 0 Å². The first kappa shape index (κ1) is 24.5. The number of aryl methyl sites for hydroxylation is 1. The van der Waals surface area contributed by atoms with Crippen LogP contribution in [0.15, 0.2) is 79.0 Å². The summed E-state index contributed by atoms with van der Waals surface area (Å²) in [5.41, 5.74) is 6.14. The Kier molecular flexibility index (Phi) is 6.67. The van der Waals surface area contributed by atoms with E-state index in [0.29, 0.717) is 10.7 Å². The van der Waals surface area contributed by atoms with Crippen molar-refractivity contribution in [3.8, 4) is 11.4 Å². The minimum absolute atomic E-state index is 0.190. The van der Waals surface area contributed by atoms with Gasteiger partial charge in [-0.05, 0) is 74.1 Å². The smallest absolute Gasteiger partial charge is 0.339 e. The lowest BCUT2D eigenvalue weighted by molar-refractivity contribution is 0.0600. The molecule has 2 atom stereocenters. The topological polar surface area (TPSA) is 68.6 Å². The Balaban J connectivity index is 1.70. The van der Waals surface area contributed by atoms with Gasteiger partial charge >= 0.3 is 5.97 Å². The predicted octanol–water partition coefficient (Wildman–Crippen LogP) is 5.46. The molecular weight excluding hydrogens is 484 g/mol. The summed E-state index contributed by atoms with van der Waals surface area (Å²) in [6, 6.07) is 23.0. The highest BCUT2D eigenvalue weighted by atomic mass is 32.1. The van der Waals surface area contributed by atoms with Gasteiger partial charge < -0.3 is 24.3 Å². The Morgan fingerprint density at radius 3 is 2.51 bits per heavy atom. The number of nitrogens with zero attached hydrogens (tertiary/aromatic N) is 3. The van der Waals surface area contributed by atoms with Gasteiger partial charge in [0.25, 0.3) is 0 Å². The third kappa shape index (κ3) is 4.34. The molecule has 1 N–H and O–H groups in total. The molecule has 0 amide bonds. The molecule has 4 aromatic rings. The minimum Gasteiger partial charge on any atom is -0.497 e. The number of hydrogen-bond acceptors (Lipinski definition) is 5. The number of methoxy groups -OCH3 is 2. The van der Waals surface area contributed by atoms with E-state index in [1.165, 1.54) is 7.11 Å². The maximum Gasteiger partial charge on any atom is 0.339 e. The number of esters is 1. The molecular formula is C29H28N4O3S. The van der Waals surface area contributed by atoms with Crippen molar-refractivity contribution in [2.24, 2.45) is 0 Å². The molecule has 8 heteroatoms. The zero-order valence-corrected chi connectivity index (χ0v) is 22.0. The van der Waals surface area contributed by atoms with E-state index in [9.17, 15) is 4.79 Å². The molecule has 5 rings (SSSR count). The van der Waals surface area contributed by atoms with Crippen molar-refractivity contribution >= 4 is 29.0 Å². The highest BCUT2D eigenvalue weighted by Crippen LogP contribution is 2.44. The van der Waals surface area contributed by atoms with Crippen LogP contribution in [0, 0.1) is 13.8 Å². The summed E-state index contributed by atoms with van der Waals surface area (Å²) in [5, 5.41) is 4.12. The van der Waals surface area contributed by atoms with Crippen LogP contribution in [0.3, 0.4) is 0 Å². The number of hydrogen-bond donors (Lipinski definition) is 1. The van der Waals surface area contributed by atoms with Gasteiger partial charge in [-0.25, -0.2) is 4.79 Å². The molecule has 0 unspecified atom stereocenters. The molecule has 0 bridgehead atoms. The van der Waals surface area contributed by atoms with E-state index in [-0.39, 0.29) is 18.1 Å². The molecule has 7 nitrogen and oxygen atoms in total. The van der Waals surface area contributed by atoms with Crippen molar-refractivity contribution in [1.82, 2.24) is 14.9 Å². The van der Waals surface area contributed by atoms with Crippen molar-refractivity contribution in [1.29, 1.82) is 0 Å².